The first-order chi connectivity index (χ1) is 10.2. The summed E-state index contributed by atoms with van der Waals surface area (Å²) in [6.07, 6.45) is 3.26. The quantitative estimate of drug-likeness (QED) is 0.823. The van der Waals surface area contributed by atoms with Crippen LogP contribution in [0.4, 0.5) is 0 Å². The number of para-hydroxylation sites is 1. The average molecular weight is 283 g/mol. The van der Waals surface area contributed by atoms with E-state index in [-0.39, 0.29) is 6.04 Å². The number of benzene rings is 2. The minimum Gasteiger partial charge on any atom is -0.491 e. The summed E-state index contributed by atoms with van der Waals surface area (Å²) in [5.41, 5.74) is 9.95. The Balaban J connectivity index is 1.96. The molecule has 0 saturated heterocycles. The Morgan fingerprint density at radius 3 is 2.38 bits per heavy atom. The fourth-order valence-electron chi connectivity index (χ4n) is 2.43. The van der Waals surface area contributed by atoms with Crippen molar-refractivity contribution in [3.8, 4) is 5.75 Å². The molecular formula is C19H25NO. The van der Waals surface area contributed by atoms with E-state index in [1.165, 1.54) is 17.5 Å². The van der Waals surface area contributed by atoms with Gasteiger partial charge < -0.3 is 10.5 Å². The first-order valence-corrected chi connectivity index (χ1v) is 7.79. The highest BCUT2D eigenvalue weighted by atomic mass is 16.5. The number of hydrogen-bond acceptors (Lipinski definition) is 2. The molecule has 0 amide bonds. The molecule has 0 aromatic heterocycles. The third kappa shape index (κ3) is 4.33. The molecule has 1 unspecified atom stereocenters. The van der Waals surface area contributed by atoms with Crippen LogP contribution in [0.15, 0.2) is 48.5 Å². The van der Waals surface area contributed by atoms with Gasteiger partial charge in [-0.2, -0.15) is 0 Å². The van der Waals surface area contributed by atoms with E-state index in [0.717, 1.165) is 24.2 Å². The van der Waals surface area contributed by atoms with Crippen molar-refractivity contribution in [2.75, 3.05) is 6.61 Å². The van der Waals surface area contributed by atoms with E-state index >= 15 is 0 Å². The minimum atomic E-state index is -0.0920. The van der Waals surface area contributed by atoms with Crippen LogP contribution in [0.2, 0.25) is 0 Å². The molecule has 0 fully saturated rings. The molecule has 2 aromatic carbocycles. The highest BCUT2D eigenvalue weighted by Gasteiger charge is 2.08. The molecule has 2 rings (SSSR count). The number of ether oxygens (including phenoxy) is 1. The molecule has 0 aliphatic heterocycles. The van der Waals surface area contributed by atoms with Gasteiger partial charge in [0.1, 0.15) is 12.4 Å². The topological polar surface area (TPSA) is 35.2 Å². The van der Waals surface area contributed by atoms with E-state index in [0.29, 0.717) is 6.61 Å². The fourth-order valence-corrected chi connectivity index (χ4v) is 2.43. The van der Waals surface area contributed by atoms with Crippen LogP contribution in [-0.4, -0.2) is 6.61 Å². The smallest absolute Gasteiger partial charge is 0.122 e. The molecule has 0 aliphatic rings. The van der Waals surface area contributed by atoms with Crippen LogP contribution in [0.5, 0.6) is 5.75 Å². The molecule has 2 heteroatoms. The first-order valence-electron chi connectivity index (χ1n) is 7.79. The molecule has 2 N–H and O–H groups in total. The summed E-state index contributed by atoms with van der Waals surface area (Å²) in [5, 5.41) is 0. The molecule has 0 radical (unpaired) electrons. The van der Waals surface area contributed by atoms with Gasteiger partial charge in [-0.05, 0) is 35.6 Å². The van der Waals surface area contributed by atoms with Gasteiger partial charge in [-0.3, -0.25) is 0 Å². The Morgan fingerprint density at radius 1 is 1.00 bits per heavy atom. The van der Waals surface area contributed by atoms with Crippen LogP contribution in [0.3, 0.4) is 0 Å². The molecular weight excluding hydrogens is 258 g/mol. The third-order valence-corrected chi connectivity index (χ3v) is 3.72. The maximum atomic E-state index is 6.23. The molecule has 0 aliphatic carbocycles. The second kappa shape index (κ2) is 7.84. The Morgan fingerprint density at radius 2 is 1.71 bits per heavy atom. The van der Waals surface area contributed by atoms with Crippen molar-refractivity contribution in [1.82, 2.24) is 0 Å². The zero-order valence-electron chi connectivity index (χ0n) is 13.0. The van der Waals surface area contributed by atoms with Crippen molar-refractivity contribution in [1.29, 1.82) is 0 Å². The SMILES string of the molecule is CCCc1ccc(C(N)COc2ccccc2CC)cc1. The van der Waals surface area contributed by atoms with Crippen LogP contribution in [-0.2, 0) is 12.8 Å². The van der Waals surface area contributed by atoms with Crippen molar-refractivity contribution in [2.45, 2.75) is 39.2 Å². The maximum absolute atomic E-state index is 6.23. The average Bonchev–Trinajstić information content (AvgIpc) is 2.54. The fraction of sp³-hybridized carbons (Fsp3) is 0.368. The first kappa shape index (κ1) is 15.6. The number of hydrogen-bond donors (Lipinski definition) is 1. The number of rotatable bonds is 7. The lowest BCUT2D eigenvalue weighted by Crippen LogP contribution is -2.19. The van der Waals surface area contributed by atoms with E-state index < -0.39 is 0 Å². The van der Waals surface area contributed by atoms with Crippen molar-refractivity contribution >= 4 is 0 Å². The molecule has 0 spiro atoms. The lowest BCUT2D eigenvalue weighted by atomic mass is 10.0. The number of nitrogens with two attached hydrogens (primary N) is 1. The van der Waals surface area contributed by atoms with Gasteiger partial charge in [-0.25, -0.2) is 0 Å². The van der Waals surface area contributed by atoms with Crippen molar-refractivity contribution in [2.24, 2.45) is 5.73 Å². The molecule has 0 bridgehead atoms. The van der Waals surface area contributed by atoms with Crippen LogP contribution in [0, 0.1) is 0 Å². The highest BCUT2D eigenvalue weighted by Crippen LogP contribution is 2.20. The summed E-state index contributed by atoms with van der Waals surface area (Å²) in [7, 11) is 0. The summed E-state index contributed by atoms with van der Waals surface area (Å²) >= 11 is 0. The Bertz CT molecular complexity index is 548. The number of aryl methyl sites for hydroxylation is 2. The zero-order chi connectivity index (χ0) is 15.1. The molecule has 112 valence electrons. The van der Waals surface area contributed by atoms with E-state index in [2.05, 4.69) is 44.2 Å². The summed E-state index contributed by atoms with van der Waals surface area (Å²) in [6, 6.07) is 16.6. The summed E-state index contributed by atoms with van der Waals surface area (Å²) in [6.45, 7) is 4.83. The predicted octanol–water partition coefficient (Wildman–Crippen LogP) is 4.28. The van der Waals surface area contributed by atoms with E-state index in [9.17, 15) is 0 Å². The lowest BCUT2D eigenvalue weighted by Gasteiger charge is -2.16. The van der Waals surface area contributed by atoms with Gasteiger partial charge >= 0.3 is 0 Å². The van der Waals surface area contributed by atoms with Crippen molar-refractivity contribution in [3.63, 3.8) is 0 Å². The van der Waals surface area contributed by atoms with Crippen LogP contribution in [0.25, 0.3) is 0 Å². The summed E-state index contributed by atoms with van der Waals surface area (Å²) in [5.74, 6) is 0.943. The maximum Gasteiger partial charge on any atom is 0.122 e. The molecule has 2 aromatic rings. The zero-order valence-corrected chi connectivity index (χ0v) is 13.0. The van der Waals surface area contributed by atoms with Gasteiger partial charge in [0.15, 0.2) is 0 Å². The molecule has 1 atom stereocenters. The third-order valence-electron chi connectivity index (χ3n) is 3.72. The standard InChI is InChI=1S/C19H25NO/c1-3-7-15-10-12-17(13-11-15)18(20)14-21-19-9-6-5-8-16(19)4-2/h5-6,8-13,18H,3-4,7,14,20H2,1-2H3. The van der Waals surface area contributed by atoms with Crippen LogP contribution in [0.1, 0.15) is 43.0 Å². The van der Waals surface area contributed by atoms with Gasteiger partial charge in [0.2, 0.25) is 0 Å². The lowest BCUT2D eigenvalue weighted by molar-refractivity contribution is 0.288. The monoisotopic (exact) mass is 283 g/mol. The van der Waals surface area contributed by atoms with Gasteiger partial charge in [0.05, 0.1) is 6.04 Å². The van der Waals surface area contributed by atoms with Crippen molar-refractivity contribution in [3.05, 3.63) is 65.2 Å². The molecule has 21 heavy (non-hydrogen) atoms. The minimum absolute atomic E-state index is 0.0920. The second-order valence-electron chi connectivity index (χ2n) is 5.37. The van der Waals surface area contributed by atoms with Crippen LogP contribution < -0.4 is 10.5 Å². The highest BCUT2D eigenvalue weighted by molar-refractivity contribution is 5.33. The van der Waals surface area contributed by atoms with E-state index in [1.54, 1.807) is 0 Å². The van der Waals surface area contributed by atoms with E-state index in [1.807, 2.05) is 18.2 Å². The Hall–Kier alpha value is -1.80. The predicted molar refractivity (Wildman–Crippen MR) is 88.7 cm³/mol. The van der Waals surface area contributed by atoms with Crippen LogP contribution >= 0.6 is 0 Å². The van der Waals surface area contributed by atoms with Crippen molar-refractivity contribution < 1.29 is 4.74 Å². The van der Waals surface area contributed by atoms with Gasteiger partial charge in [-0.1, -0.05) is 62.7 Å². The largest absolute Gasteiger partial charge is 0.491 e. The van der Waals surface area contributed by atoms with Gasteiger partial charge in [-0.15, -0.1) is 0 Å². The Labute approximate surface area is 127 Å². The van der Waals surface area contributed by atoms with E-state index in [4.69, 9.17) is 10.5 Å². The molecule has 0 saturated carbocycles. The summed E-state index contributed by atoms with van der Waals surface area (Å²) in [4.78, 5) is 0. The normalized spacial score (nSPS) is 12.1. The second-order valence-corrected chi connectivity index (χ2v) is 5.37. The molecule has 2 nitrogen and oxygen atoms in total. The Kier molecular flexibility index (Phi) is 5.82. The summed E-state index contributed by atoms with van der Waals surface area (Å²) < 4.78 is 5.90. The van der Waals surface area contributed by atoms with Gasteiger partial charge in [0.25, 0.3) is 0 Å². The van der Waals surface area contributed by atoms with Gasteiger partial charge in [0, 0.05) is 0 Å². The molecule has 0 heterocycles.